The van der Waals surface area contributed by atoms with Crippen molar-refractivity contribution in [3.63, 3.8) is 0 Å². The molecule has 0 aliphatic rings. The molecule has 0 fully saturated rings. The number of rotatable bonds is 3. The Labute approximate surface area is 113 Å². The van der Waals surface area contributed by atoms with Gasteiger partial charge in [-0.05, 0) is 30.1 Å². The molecule has 1 atom stereocenters. The molecule has 0 spiro atoms. The van der Waals surface area contributed by atoms with Crippen LogP contribution in [0.5, 0.6) is 0 Å². The topological polar surface area (TPSA) is 64.9 Å². The van der Waals surface area contributed by atoms with Gasteiger partial charge >= 0.3 is 0 Å². The fourth-order valence-corrected chi connectivity index (χ4v) is 2.77. The minimum atomic E-state index is -0.457. The van der Waals surface area contributed by atoms with Gasteiger partial charge in [-0.3, -0.25) is 0 Å². The Bertz CT molecular complexity index is 722. The smallest absolute Gasteiger partial charge is 0.169 e. The molecular formula is C13H12FN3OS. The number of halogens is 1. The van der Waals surface area contributed by atoms with E-state index in [1.54, 1.807) is 18.2 Å². The molecule has 1 aromatic carbocycles. The van der Waals surface area contributed by atoms with Crippen molar-refractivity contribution in [1.29, 1.82) is 0 Å². The van der Waals surface area contributed by atoms with Crippen LogP contribution in [0.25, 0.3) is 11.0 Å². The summed E-state index contributed by atoms with van der Waals surface area (Å²) in [4.78, 5) is 0.863. The van der Waals surface area contributed by atoms with E-state index in [9.17, 15) is 4.39 Å². The Morgan fingerprint density at radius 1 is 1.47 bits per heavy atom. The largest absolute Gasteiger partial charge is 0.456 e. The van der Waals surface area contributed by atoms with Crippen LogP contribution in [0.4, 0.5) is 4.39 Å². The number of para-hydroxylation sites is 1. The van der Waals surface area contributed by atoms with Crippen molar-refractivity contribution < 1.29 is 8.81 Å². The summed E-state index contributed by atoms with van der Waals surface area (Å²) in [6.45, 7) is 1.99. The van der Waals surface area contributed by atoms with E-state index in [0.717, 1.165) is 17.0 Å². The van der Waals surface area contributed by atoms with Crippen LogP contribution in [-0.4, -0.2) is 9.59 Å². The summed E-state index contributed by atoms with van der Waals surface area (Å²) in [6.07, 6.45) is 0.758. The molecule has 0 bridgehead atoms. The zero-order valence-electron chi connectivity index (χ0n) is 10.3. The molecule has 0 aliphatic heterocycles. The zero-order valence-corrected chi connectivity index (χ0v) is 11.1. The van der Waals surface area contributed by atoms with Crippen molar-refractivity contribution in [2.75, 3.05) is 0 Å². The van der Waals surface area contributed by atoms with Crippen molar-refractivity contribution in [3.05, 3.63) is 46.4 Å². The van der Waals surface area contributed by atoms with Crippen molar-refractivity contribution >= 4 is 22.5 Å². The predicted octanol–water partition coefficient (Wildman–Crippen LogP) is 3.03. The maximum Gasteiger partial charge on any atom is 0.169 e. The van der Waals surface area contributed by atoms with E-state index < -0.39 is 6.04 Å². The molecule has 0 aliphatic carbocycles. The van der Waals surface area contributed by atoms with Crippen LogP contribution >= 0.6 is 11.5 Å². The Morgan fingerprint density at radius 2 is 2.32 bits per heavy atom. The second kappa shape index (κ2) is 4.71. The van der Waals surface area contributed by atoms with E-state index in [0.29, 0.717) is 11.1 Å². The minimum Gasteiger partial charge on any atom is -0.456 e. The number of furan rings is 1. The minimum absolute atomic E-state index is 0.239. The summed E-state index contributed by atoms with van der Waals surface area (Å²) in [7, 11) is 0. The lowest BCUT2D eigenvalue weighted by Gasteiger charge is -2.06. The average molecular weight is 277 g/mol. The molecule has 0 saturated carbocycles. The van der Waals surface area contributed by atoms with Crippen LogP contribution in [0.3, 0.4) is 0 Å². The lowest BCUT2D eigenvalue weighted by molar-refractivity contribution is 0.503. The third-order valence-corrected chi connectivity index (χ3v) is 3.87. The number of nitrogens with zero attached hydrogens (tertiary/aromatic N) is 2. The molecule has 0 saturated heterocycles. The van der Waals surface area contributed by atoms with Crippen molar-refractivity contribution in [1.82, 2.24) is 9.59 Å². The number of hydrogen-bond donors (Lipinski definition) is 1. The van der Waals surface area contributed by atoms with Crippen LogP contribution in [0.2, 0.25) is 0 Å². The van der Waals surface area contributed by atoms with Gasteiger partial charge < -0.3 is 10.2 Å². The molecule has 0 amide bonds. The van der Waals surface area contributed by atoms with Gasteiger partial charge in [-0.15, -0.1) is 5.10 Å². The number of hydrogen-bond acceptors (Lipinski definition) is 5. The number of aryl methyl sites for hydroxylation is 1. The normalized spacial score (nSPS) is 13.0. The molecule has 2 aromatic heterocycles. The third-order valence-electron chi connectivity index (χ3n) is 3.02. The number of fused-ring (bicyclic) bond motifs is 1. The molecule has 3 aromatic rings. The number of aromatic nitrogens is 2. The summed E-state index contributed by atoms with van der Waals surface area (Å²) in [5.41, 5.74) is 7.26. The monoisotopic (exact) mass is 277 g/mol. The molecular weight excluding hydrogens is 265 g/mol. The van der Waals surface area contributed by atoms with Gasteiger partial charge in [-0.25, -0.2) is 4.39 Å². The van der Waals surface area contributed by atoms with Gasteiger partial charge in [0.1, 0.15) is 11.8 Å². The highest BCUT2D eigenvalue weighted by atomic mass is 32.1. The molecule has 19 heavy (non-hydrogen) atoms. The van der Waals surface area contributed by atoms with E-state index in [4.69, 9.17) is 10.2 Å². The summed E-state index contributed by atoms with van der Waals surface area (Å²) < 4.78 is 23.0. The van der Waals surface area contributed by atoms with Crippen LogP contribution in [0, 0.1) is 5.82 Å². The van der Waals surface area contributed by atoms with Gasteiger partial charge in [0.25, 0.3) is 0 Å². The molecule has 98 valence electrons. The highest BCUT2D eigenvalue weighted by Crippen LogP contribution is 2.30. The first-order valence-electron chi connectivity index (χ1n) is 5.95. The van der Waals surface area contributed by atoms with Gasteiger partial charge in [-0.2, -0.15) is 0 Å². The molecule has 6 heteroatoms. The summed E-state index contributed by atoms with van der Waals surface area (Å²) in [6, 6.07) is 6.12. The van der Waals surface area contributed by atoms with E-state index in [2.05, 4.69) is 9.59 Å². The fourth-order valence-electron chi connectivity index (χ4n) is 2.03. The van der Waals surface area contributed by atoms with Gasteiger partial charge in [0.05, 0.1) is 10.6 Å². The van der Waals surface area contributed by atoms with Gasteiger partial charge in [0, 0.05) is 5.39 Å². The second-order valence-electron chi connectivity index (χ2n) is 4.22. The van der Waals surface area contributed by atoms with E-state index in [1.165, 1.54) is 17.6 Å². The first kappa shape index (κ1) is 12.3. The number of nitrogens with two attached hydrogens (primary N) is 1. The maximum atomic E-state index is 13.6. The first-order valence-corrected chi connectivity index (χ1v) is 6.72. The quantitative estimate of drug-likeness (QED) is 0.799. The van der Waals surface area contributed by atoms with Gasteiger partial charge in [0.15, 0.2) is 11.4 Å². The van der Waals surface area contributed by atoms with Crippen molar-refractivity contribution in [2.24, 2.45) is 5.73 Å². The highest BCUT2D eigenvalue weighted by Gasteiger charge is 2.20. The molecule has 2 N–H and O–H groups in total. The SMILES string of the molecule is CCc1nnsc1C(N)c1cc2cccc(F)c2o1. The van der Waals surface area contributed by atoms with Gasteiger partial charge in [0.2, 0.25) is 0 Å². The van der Waals surface area contributed by atoms with Crippen LogP contribution in [-0.2, 0) is 6.42 Å². The molecule has 1 unspecified atom stereocenters. The lowest BCUT2D eigenvalue weighted by atomic mass is 10.1. The molecule has 4 nitrogen and oxygen atoms in total. The van der Waals surface area contributed by atoms with E-state index in [1.807, 2.05) is 6.92 Å². The van der Waals surface area contributed by atoms with Crippen molar-refractivity contribution in [3.8, 4) is 0 Å². The van der Waals surface area contributed by atoms with Crippen LogP contribution < -0.4 is 5.73 Å². The summed E-state index contributed by atoms with van der Waals surface area (Å²) in [5, 5.41) is 4.73. The Morgan fingerprint density at radius 3 is 3.05 bits per heavy atom. The lowest BCUT2D eigenvalue weighted by Crippen LogP contribution is -2.11. The van der Waals surface area contributed by atoms with Gasteiger partial charge in [-0.1, -0.05) is 23.5 Å². The highest BCUT2D eigenvalue weighted by molar-refractivity contribution is 7.05. The Hall–Kier alpha value is -1.79. The Kier molecular flexibility index (Phi) is 3.04. The second-order valence-corrected chi connectivity index (χ2v) is 5.01. The molecule has 0 radical (unpaired) electrons. The molecule has 3 rings (SSSR count). The predicted molar refractivity (Wildman–Crippen MR) is 71.5 cm³/mol. The average Bonchev–Trinajstić information content (AvgIpc) is 3.04. The Balaban J connectivity index is 2.07. The van der Waals surface area contributed by atoms with Crippen molar-refractivity contribution in [2.45, 2.75) is 19.4 Å². The standard InChI is InChI=1S/C13H12FN3OS/c1-2-9-13(19-17-16-9)11(15)10-6-7-4-3-5-8(14)12(7)18-10/h3-6,11H,2,15H2,1H3. The van der Waals surface area contributed by atoms with Crippen LogP contribution in [0.1, 0.15) is 29.3 Å². The van der Waals surface area contributed by atoms with E-state index in [-0.39, 0.29) is 11.4 Å². The summed E-state index contributed by atoms with van der Waals surface area (Å²) in [5.74, 6) is 0.148. The fraction of sp³-hybridized carbons (Fsp3) is 0.231. The third kappa shape index (κ3) is 2.02. The first-order chi connectivity index (χ1) is 9.20. The maximum absolute atomic E-state index is 13.6. The van der Waals surface area contributed by atoms with E-state index >= 15 is 0 Å². The molecule has 2 heterocycles. The van der Waals surface area contributed by atoms with Crippen LogP contribution in [0.15, 0.2) is 28.7 Å². The number of benzene rings is 1. The zero-order chi connectivity index (χ0) is 13.4. The summed E-state index contributed by atoms with van der Waals surface area (Å²) >= 11 is 1.25.